The number of carbonyl (C=O) groups excluding carboxylic acids is 2. The zero-order valence-corrected chi connectivity index (χ0v) is 22.0. The Kier molecular flexibility index (Phi) is 12.5. The molecular weight excluding hydrogens is 470 g/mol. The lowest BCUT2D eigenvalue weighted by atomic mass is 9.90. The molecule has 194 valence electrons. The summed E-state index contributed by atoms with van der Waals surface area (Å²) in [4.78, 5) is 24.7. The number of halogens is 1. The summed E-state index contributed by atoms with van der Waals surface area (Å²) in [5.41, 5.74) is 1.80. The molecule has 0 amide bonds. The van der Waals surface area contributed by atoms with Crippen molar-refractivity contribution in [3.8, 4) is 0 Å². The molecule has 1 aromatic rings. The molecule has 0 aliphatic carbocycles. The van der Waals surface area contributed by atoms with Crippen molar-refractivity contribution < 1.29 is 28.5 Å². The van der Waals surface area contributed by atoms with Gasteiger partial charge in [-0.1, -0.05) is 81.7 Å². The highest BCUT2D eigenvalue weighted by Crippen LogP contribution is 2.42. The van der Waals surface area contributed by atoms with E-state index < -0.39 is 18.2 Å². The van der Waals surface area contributed by atoms with E-state index in [0.29, 0.717) is 22.0 Å². The second-order valence-electron chi connectivity index (χ2n) is 8.52. The first-order valence-electron chi connectivity index (χ1n) is 12.5. The molecule has 1 N–H and O–H groups in total. The van der Waals surface area contributed by atoms with Crippen molar-refractivity contribution in [2.45, 2.75) is 85.0 Å². The normalized spacial score (nSPS) is 15.5. The Morgan fingerprint density at radius 2 is 1.37 bits per heavy atom. The topological polar surface area (TPSA) is 83.1 Å². The quantitative estimate of drug-likeness (QED) is 0.214. The fourth-order valence-electron chi connectivity index (χ4n) is 3.97. The summed E-state index contributed by atoms with van der Waals surface area (Å²) in [6.45, 7) is 7.88. The van der Waals surface area contributed by atoms with Crippen LogP contribution in [0.25, 0.3) is 0 Å². The highest BCUT2D eigenvalue weighted by molar-refractivity contribution is 6.31. The van der Waals surface area contributed by atoms with Crippen molar-refractivity contribution >= 4 is 23.9 Å². The van der Waals surface area contributed by atoms with E-state index in [0.717, 1.165) is 19.3 Å². The lowest BCUT2D eigenvalue weighted by Crippen LogP contribution is -2.29. The van der Waals surface area contributed by atoms with E-state index in [1.807, 2.05) is 6.07 Å². The molecule has 1 aromatic carbocycles. The molecule has 0 radical (unpaired) electrons. The van der Waals surface area contributed by atoms with Crippen LogP contribution in [0, 0.1) is 0 Å². The van der Waals surface area contributed by atoms with Crippen LogP contribution in [0.3, 0.4) is 0 Å². The molecule has 0 fully saturated rings. The SMILES string of the molecule is CCCCCCCCCCOC(=O)OC1=C(C)NC(C)=C(OC(=O)OCC)C1c1ccccc1Cl. The van der Waals surface area contributed by atoms with Gasteiger partial charge in [0.15, 0.2) is 0 Å². The highest BCUT2D eigenvalue weighted by atomic mass is 35.5. The van der Waals surface area contributed by atoms with Gasteiger partial charge in [0.1, 0.15) is 17.4 Å². The van der Waals surface area contributed by atoms with Gasteiger partial charge in [0, 0.05) is 5.02 Å². The average molecular weight is 508 g/mol. The van der Waals surface area contributed by atoms with Crippen molar-refractivity contribution in [3.63, 3.8) is 0 Å². The number of unbranched alkanes of at least 4 members (excludes halogenated alkanes) is 7. The van der Waals surface area contributed by atoms with Gasteiger partial charge in [0.2, 0.25) is 0 Å². The Balaban J connectivity index is 2.05. The molecule has 7 nitrogen and oxygen atoms in total. The maximum absolute atomic E-state index is 12.6. The largest absolute Gasteiger partial charge is 0.513 e. The second kappa shape index (κ2) is 15.4. The lowest BCUT2D eigenvalue weighted by Gasteiger charge is -2.30. The first-order chi connectivity index (χ1) is 16.9. The number of hydrogen-bond donors (Lipinski definition) is 1. The molecule has 1 heterocycles. The number of nitrogens with one attached hydrogen (secondary N) is 1. The Morgan fingerprint density at radius 1 is 0.829 bits per heavy atom. The molecule has 1 unspecified atom stereocenters. The van der Waals surface area contributed by atoms with Crippen LogP contribution >= 0.6 is 11.6 Å². The third-order valence-electron chi connectivity index (χ3n) is 5.72. The fourth-order valence-corrected chi connectivity index (χ4v) is 4.21. The molecule has 0 saturated heterocycles. The number of allylic oxidation sites excluding steroid dienone is 2. The summed E-state index contributed by atoms with van der Waals surface area (Å²) < 4.78 is 21.5. The summed E-state index contributed by atoms with van der Waals surface area (Å²) in [7, 11) is 0. The van der Waals surface area contributed by atoms with E-state index in [4.69, 9.17) is 30.5 Å². The van der Waals surface area contributed by atoms with E-state index in [1.165, 1.54) is 32.1 Å². The van der Waals surface area contributed by atoms with Gasteiger partial charge in [0.05, 0.1) is 24.6 Å². The van der Waals surface area contributed by atoms with Gasteiger partial charge < -0.3 is 24.3 Å². The predicted octanol–water partition coefficient (Wildman–Crippen LogP) is 7.96. The monoisotopic (exact) mass is 507 g/mol. The highest BCUT2D eigenvalue weighted by Gasteiger charge is 2.36. The first kappa shape index (κ1) is 28.6. The van der Waals surface area contributed by atoms with Crippen LogP contribution in [0.5, 0.6) is 0 Å². The van der Waals surface area contributed by atoms with Crippen molar-refractivity contribution in [2.75, 3.05) is 13.2 Å². The van der Waals surface area contributed by atoms with Crippen molar-refractivity contribution in [1.82, 2.24) is 5.32 Å². The van der Waals surface area contributed by atoms with Crippen LogP contribution in [-0.4, -0.2) is 25.5 Å². The van der Waals surface area contributed by atoms with Gasteiger partial charge in [-0.3, -0.25) is 0 Å². The van der Waals surface area contributed by atoms with Crippen LogP contribution in [0.15, 0.2) is 47.2 Å². The molecule has 1 atom stereocenters. The molecule has 0 aromatic heterocycles. The molecular formula is C27H38ClNO6. The maximum atomic E-state index is 12.6. The number of benzene rings is 1. The molecule has 0 spiro atoms. The van der Waals surface area contributed by atoms with Crippen LogP contribution < -0.4 is 5.32 Å². The Hall–Kier alpha value is -2.67. The van der Waals surface area contributed by atoms with E-state index in [1.54, 1.807) is 39.0 Å². The minimum atomic E-state index is -0.850. The molecule has 0 bridgehead atoms. The van der Waals surface area contributed by atoms with Gasteiger partial charge in [0.25, 0.3) is 0 Å². The molecule has 1 aliphatic heterocycles. The van der Waals surface area contributed by atoms with E-state index in [2.05, 4.69) is 12.2 Å². The smallest absolute Gasteiger partial charge is 0.434 e. The van der Waals surface area contributed by atoms with Crippen LogP contribution in [0.4, 0.5) is 9.59 Å². The Morgan fingerprint density at radius 3 is 1.94 bits per heavy atom. The van der Waals surface area contributed by atoms with Crippen LogP contribution in [-0.2, 0) is 18.9 Å². The van der Waals surface area contributed by atoms with Crippen LogP contribution in [0.2, 0.25) is 5.02 Å². The number of dihydropyridines is 1. The summed E-state index contributed by atoms with van der Waals surface area (Å²) in [5, 5.41) is 3.55. The molecule has 8 heteroatoms. The third-order valence-corrected chi connectivity index (χ3v) is 6.07. The van der Waals surface area contributed by atoms with Crippen molar-refractivity contribution in [1.29, 1.82) is 0 Å². The zero-order chi connectivity index (χ0) is 25.6. The number of ether oxygens (including phenoxy) is 4. The summed E-state index contributed by atoms with van der Waals surface area (Å²) >= 11 is 6.48. The van der Waals surface area contributed by atoms with E-state index in [-0.39, 0.29) is 24.7 Å². The predicted molar refractivity (Wildman–Crippen MR) is 136 cm³/mol. The minimum absolute atomic E-state index is 0.165. The second-order valence-corrected chi connectivity index (χ2v) is 8.93. The number of carbonyl (C=O) groups is 2. The molecule has 0 saturated carbocycles. The fraction of sp³-hybridized carbons (Fsp3) is 0.556. The van der Waals surface area contributed by atoms with Crippen LogP contribution in [0.1, 0.15) is 90.5 Å². The molecule has 1 aliphatic rings. The Labute approximate surface area is 213 Å². The average Bonchev–Trinajstić information content (AvgIpc) is 2.82. The van der Waals surface area contributed by atoms with Gasteiger partial charge in [-0.05, 0) is 38.8 Å². The van der Waals surface area contributed by atoms with Crippen molar-refractivity contribution in [2.24, 2.45) is 0 Å². The third kappa shape index (κ3) is 9.13. The van der Waals surface area contributed by atoms with Gasteiger partial charge in [-0.15, -0.1) is 0 Å². The van der Waals surface area contributed by atoms with Gasteiger partial charge in [-0.2, -0.15) is 0 Å². The van der Waals surface area contributed by atoms with E-state index >= 15 is 0 Å². The summed E-state index contributed by atoms with van der Waals surface area (Å²) in [6.07, 6.45) is 7.52. The van der Waals surface area contributed by atoms with Crippen molar-refractivity contribution in [3.05, 3.63) is 57.8 Å². The Bertz CT molecular complexity index is 911. The van der Waals surface area contributed by atoms with E-state index in [9.17, 15) is 9.59 Å². The lowest BCUT2D eigenvalue weighted by molar-refractivity contribution is 0.0619. The molecule has 2 rings (SSSR count). The number of hydrogen-bond acceptors (Lipinski definition) is 7. The molecule has 35 heavy (non-hydrogen) atoms. The van der Waals surface area contributed by atoms with Gasteiger partial charge in [-0.25, -0.2) is 9.59 Å². The standard InChI is InChI=1S/C27H38ClNO6/c1-5-7-8-9-10-11-12-15-18-33-27(31)35-25-20(4)29-19(3)24(34-26(30)32-6-2)23(25)21-16-13-14-17-22(21)28/h13-14,16-17,23,29H,5-12,15,18H2,1-4H3. The first-order valence-corrected chi connectivity index (χ1v) is 12.9. The maximum Gasteiger partial charge on any atom is 0.513 e. The minimum Gasteiger partial charge on any atom is -0.434 e. The summed E-state index contributed by atoms with van der Waals surface area (Å²) in [6, 6.07) is 7.13. The number of rotatable bonds is 13. The summed E-state index contributed by atoms with van der Waals surface area (Å²) in [5.74, 6) is -0.234. The van der Waals surface area contributed by atoms with Gasteiger partial charge >= 0.3 is 12.3 Å². The zero-order valence-electron chi connectivity index (χ0n) is 21.3.